The first kappa shape index (κ1) is 20.6. The predicted octanol–water partition coefficient (Wildman–Crippen LogP) is 3.71. The average Bonchev–Trinajstić information content (AvgIpc) is 3.03. The van der Waals surface area contributed by atoms with Gasteiger partial charge in [0.05, 0.1) is 5.41 Å². The maximum Gasteiger partial charge on any atom is 0.231 e. The highest BCUT2D eigenvalue weighted by Crippen LogP contribution is 2.64. The van der Waals surface area contributed by atoms with Crippen molar-refractivity contribution in [3.05, 3.63) is 35.7 Å². The summed E-state index contributed by atoms with van der Waals surface area (Å²) in [5.74, 6) is 1.38. The number of carbonyl (C=O) groups is 1. The molecule has 29 heavy (non-hydrogen) atoms. The largest absolute Gasteiger partial charge is 0.340 e. The topological polar surface area (TPSA) is 62.5 Å². The summed E-state index contributed by atoms with van der Waals surface area (Å²) in [5.41, 5.74) is 1.55. The molecule has 1 aromatic heterocycles. The Morgan fingerprint density at radius 3 is 2.45 bits per heavy atom. The van der Waals surface area contributed by atoms with Crippen LogP contribution in [0.15, 0.2) is 28.8 Å². The summed E-state index contributed by atoms with van der Waals surface area (Å²) in [6, 6.07) is 8.09. The van der Waals surface area contributed by atoms with Gasteiger partial charge in [0.2, 0.25) is 17.6 Å². The molecule has 2 aromatic rings. The van der Waals surface area contributed by atoms with Crippen molar-refractivity contribution in [2.75, 3.05) is 32.7 Å². The van der Waals surface area contributed by atoms with Crippen molar-refractivity contribution in [3.63, 3.8) is 0 Å². The maximum absolute atomic E-state index is 12.7. The third-order valence-electron chi connectivity index (χ3n) is 6.03. The van der Waals surface area contributed by atoms with Gasteiger partial charge < -0.3 is 9.42 Å². The maximum atomic E-state index is 12.7. The summed E-state index contributed by atoms with van der Waals surface area (Å²) in [6.07, 6.45) is 2.22. The smallest absolute Gasteiger partial charge is 0.231 e. The van der Waals surface area contributed by atoms with Crippen molar-refractivity contribution in [3.8, 4) is 11.4 Å². The molecular formula is C21H26Cl2N4O2. The molecule has 0 spiro atoms. The Hall–Kier alpha value is -1.63. The molecule has 8 heteroatoms. The second-order valence-electron chi connectivity index (χ2n) is 8.33. The van der Waals surface area contributed by atoms with Gasteiger partial charge >= 0.3 is 0 Å². The van der Waals surface area contributed by atoms with E-state index in [4.69, 9.17) is 27.7 Å². The van der Waals surface area contributed by atoms with Gasteiger partial charge in [-0.2, -0.15) is 4.98 Å². The third kappa shape index (κ3) is 4.30. The number of aryl methyl sites for hydroxylation is 2. The lowest BCUT2D eigenvalue weighted by molar-refractivity contribution is -0.138. The van der Waals surface area contributed by atoms with E-state index in [2.05, 4.69) is 22.0 Å². The molecule has 156 valence electrons. The Morgan fingerprint density at radius 1 is 1.17 bits per heavy atom. The fourth-order valence-corrected chi connectivity index (χ4v) is 4.48. The van der Waals surface area contributed by atoms with E-state index in [-0.39, 0.29) is 5.91 Å². The summed E-state index contributed by atoms with van der Waals surface area (Å²) < 4.78 is 4.49. The lowest BCUT2D eigenvalue weighted by atomic mass is 10.1. The van der Waals surface area contributed by atoms with E-state index in [9.17, 15) is 4.79 Å². The van der Waals surface area contributed by atoms with Gasteiger partial charge in [-0.15, -0.1) is 23.2 Å². The van der Waals surface area contributed by atoms with E-state index in [1.807, 2.05) is 36.1 Å². The van der Waals surface area contributed by atoms with Crippen LogP contribution in [0.25, 0.3) is 11.4 Å². The average molecular weight is 437 g/mol. The van der Waals surface area contributed by atoms with Crippen LogP contribution in [0.3, 0.4) is 0 Å². The Labute approximate surface area is 181 Å². The molecule has 1 unspecified atom stereocenters. The molecule has 6 nitrogen and oxygen atoms in total. The van der Waals surface area contributed by atoms with Crippen LogP contribution >= 0.6 is 23.2 Å². The number of hydrogen-bond acceptors (Lipinski definition) is 5. The molecular weight excluding hydrogens is 411 g/mol. The van der Waals surface area contributed by atoms with Gasteiger partial charge in [0.15, 0.2) is 0 Å². The van der Waals surface area contributed by atoms with Gasteiger partial charge in [-0.1, -0.05) is 35.0 Å². The zero-order valence-corrected chi connectivity index (χ0v) is 18.3. The van der Waals surface area contributed by atoms with Crippen LogP contribution in [-0.4, -0.2) is 62.9 Å². The number of halogens is 2. The Balaban J connectivity index is 1.21. The number of alkyl halides is 2. The lowest BCUT2D eigenvalue weighted by Crippen LogP contribution is -2.51. The van der Waals surface area contributed by atoms with Crippen molar-refractivity contribution >= 4 is 29.1 Å². The molecule has 1 saturated carbocycles. The van der Waals surface area contributed by atoms with Crippen molar-refractivity contribution in [1.82, 2.24) is 19.9 Å². The van der Waals surface area contributed by atoms with Gasteiger partial charge in [-0.3, -0.25) is 9.69 Å². The van der Waals surface area contributed by atoms with Crippen molar-refractivity contribution < 1.29 is 9.32 Å². The first-order valence-electron chi connectivity index (χ1n) is 10.1. The predicted molar refractivity (Wildman–Crippen MR) is 113 cm³/mol. The molecule has 0 bridgehead atoms. The van der Waals surface area contributed by atoms with E-state index >= 15 is 0 Å². The van der Waals surface area contributed by atoms with Crippen LogP contribution in [0.1, 0.15) is 31.2 Å². The molecule has 0 N–H and O–H groups in total. The highest BCUT2D eigenvalue weighted by Gasteiger charge is 2.68. The number of nitrogens with zero attached hydrogens (tertiary/aromatic N) is 4. The number of aromatic nitrogens is 2. The standard InChI is InChI=1S/C21H26Cl2N4O2/c1-15-5-7-16(8-6-15)18-24-17(29-25-18)4-3-9-26-10-12-27(13-11-26)19(28)20(2)14-21(20,22)23/h5-8H,3-4,9-14H2,1-2H3. The second kappa shape index (κ2) is 7.89. The number of rotatable bonds is 6. The fraction of sp³-hybridized carbons (Fsp3) is 0.571. The molecule has 0 radical (unpaired) electrons. The summed E-state index contributed by atoms with van der Waals surface area (Å²) in [4.78, 5) is 21.4. The molecule has 2 fully saturated rings. The van der Waals surface area contributed by atoms with Gasteiger partial charge in [0.25, 0.3) is 0 Å². The number of amides is 1. The SMILES string of the molecule is Cc1ccc(-c2noc(CCCN3CCN(C(=O)C4(C)CC4(Cl)Cl)CC3)n2)cc1. The molecule has 4 rings (SSSR count). The van der Waals surface area contributed by atoms with Crippen LogP contribution in [0.4, 0.5) is 0 Å². The quantitative estimate of drug-likeness (QED) is 0.645. The first-order valence-corrected chi connectivity index (χ1v) is 10.8. The molecule has 1 aromatic carbocycles. The summed E-state index contributed by atoms with van der Waals surface area (Å²) in [6.45, 7) is 8.01. The minimum absolute atomic E-state index is 0.0802. The highest BCUT2D eigenvalue weighted by atomic mass is 35.5. The lowest BCUT2D eigenvalue weighted by Gasteiger charge is -2.36. The number of hydrogen-bond donors (Lipinski definition) is 0. The van der Waals surface area contributed by atoms with Gasteiger partial charge in [0.1, 0.15) is 4.33 Å². The third-order valence-corrected chi connectivity index (χ3v) is 7.13. The van der Waals surface area contributed by atoms with Gasteiger partial charge in [0, 0.05) is 38.2 Å². The fourth-order valence-electron chi connectivity index (χ4n) is 3.79. The van der Waals surface area contributed by atoms with E-state index in [1.54, 1.807) is 0 Å². The number of carbonyl (C=O) groups excluding carboxylic acids is 1. The van der Waals surface area contributed by atoms with Crippen LogP contribution in [0, 0.1) is 12.3 Å². The van der Waals surface area contributed by atoms with E-state index in [0.717, 1.165) is 51.1 Å². The monoisotopic (exact) mass is 436 g/mol. The molecule has 1 saturated heterocycles. The normalized spacial score (nSPS) is 23.9. The highest BCUT2D eigenvalue weighted by molar-refractivity contribution is 6.53. The van der Waals surface area contributed by atoms with Crippen LogP contribution in [0.2, 0.25) is 0 Å². The number of benzene rings is 1. The summed E-state index contributed by atoms with van der Waals surface area (Å²) >= 11 is 12.3. The zero-order valence-electron chi connectivity index (χ0n) is 16.8. The summed E-state index contributed by atoms with van der Waals surface area (Å²) in [7, 11) is 0. The van der Waals surface area contributed by atoms with E-state index < -0.39 is 9.75 Å². The molecule has 1 amide bonds. The Morgan fingerprint density at radius 2 is 1.83 bits per heavy atom. The first-order chi connectivity index (χ1) is 13.8. The minimum atomic E-state index is -0.900. The molecule has 1 aliphatic carbocycles. The Bertz CT molecular complexity index is 875. The minimum Gasteiger partial charge on any atom is -0.340 e. The molecule has 2 aliphatic rings. The van der Waals surface area contributed by atoms with Crippen LogP contribution in [-0.2, 0) is 11.2 Å². The van der Waals surface area contributed by atoms with Crippen LogP contribution in [0.5, 0.6) is 0 Å². The second-order valence-corrected chi connectivity index (χ2v) is 9.81. The van der Waals surface area contributed by atoms with Gasteiger partial charge in [-0.25, -0.2) is 0 Å². The molecule has 2 heterocycles. The van der Waals surface area contributed by atoms with E-state index in [1.165, 1.54) is 5.56 Å². The molecule has 1 aliphatic heterocycles. The van der Waals surface area contributed by atoms with Crippen LogP contribution < -0.4 is 0 Å². The van der Waals surface area contributed by atoms with Crippen molar-refractivity contribution in [2.24, 2.45) is 5.41 Å². The molecule has 1 atom stereocenters. The van der Waals surface area contributed by atoms with E-state index in [0.29, 0.717) is 18.1 Å². The van der Waals surface area contributed by atoms with Gasteiger partial charge in [-0.05, 0) is 33.2 Å². The zero-order chi connectivity index (χ0) is 20.6. The Kier molecular flexibility index (Phi) is 5.62. The van der Waals surface area contributed by atoms with Crippen molar-refractivity contribution in [2.45, 2.75) is 37.4 Å². The van der Waals surface area contributed by atoms with Crippen molar-refractivity contribution in [1.29, 1.82) is 0 Å². The summed E-state index contributed by atoms with van der Waals surface area (Å²) in [5, 5.41) is 4.09. The number of piperazine rings is 1.